The number of halogens is 2. The fraction of sp³-hybridized carbons (Fsp3) is 0.136. The number of rotatable bonds is 7. The van der Waals surface area contributed by atoms with Crippen LogP contribution < -0.4 is 5.32 Å². The molecule has 0 bridgehead atoms. The van der Waals surface area contributed by atoms with E-state index in [4.69, 9.17) is 0 Å². The Morgan fingerprint density at radius 3 is 2.33 bits per heavy atom. The molecule has 0 spiro atoms. The first-order valence-corrected chi connectivity index (χ1v) is 11.4. The summed E-state index contributed by atoms with van der Waals surface area (Å²) in [4.78, 5) is 12.0. The molecule has 0 radical (unpaired) electrons. The Balaban J connectivity index is 1.88. The molecule has 0 heterocycles. The molecule has 0 aromatic heterocycles. The molecule has 3 aromatic rings. The van der Waals surface area contributed by atoms with Crippen molar-refractivity contribution in [2.24, 2.45) is 0 Å². The molecule has 0 aliphatic rings. The molecule has 0 aliphatic carbocycles. The molecular formula is C22H20BrFN2O3S. The van der Waals surface area contributed by atoms with Gasteiger partial charge in [0.05, 0.1) is 0 Å². The number of carbonyl (C=O) groups excluding carboxylic acids is 1. The molecule has 156 valence electrons. The minimum atomic E-state index is -4.14. The van der Waals surface area contributed by atoms with Crippen LogP contribution in [0.25, 0.3) is 0 Å². The van der Waals surface area contributed by atoms with Gasteiger partial charge in [-0.25, -0.2) is 12.8 Å². The number of anilines is 1. The Labute approximate surface area is 183 Å². The zero-order valence-corrected chi connectivity index (χ0v) is 18.6. The molecule has 3 aromatic carbocycles. The Morgan fingerprint density at radius 2 is 1.70 bits per heavy atom. The monoisotopic (exact) mass is 490 g/mol. The molecule has 0 saturated carbocycles. The molecule has 1 amide bonds. The van der Waals surface area contributed by atoms with Gasteiger partial charge in [0.2, 0.25) is 10.0 Å². The van der Waals surface area contributed by atoms with E-state index >= 15 is 0 Å². The molecule has 0 saturated heterocycles. The lowest BCUT2D eigenvalue weighted by Crippen LogP contribution is -2.31. The molecule has 8 heteroatoms. The van der Waals surface area contributed by atoms with E-state index in [2.05, 4.69) is 21.2 Å². The summed E-state index contributed by atoms with van der Waals surface area (Å²) >= 11 is 3.31. The zero-order chi connectivity index (χ0) is 21.7. The second-order valence-electron chi connectivity index (χ2n) is 6.52. The standard InChI is InChI=1S/C22H20BrFN2O3S/c1-2-26(15-16-6-4-3-5-7-16)30(28,29)21-14-17(8-13-20(21)24)22(27)25-19-11-9-18(23)10-12-19/h3-14H,2,15H2,1H3,(H,25,27). The van der Waals surface area contributed by atoms with Crippen LogP contribution in [0.1, 0.15) is 22.8 Å². The predicted molar refractivity (Wildman–Crippen MR) is 118 cm³/mol. The molecular weight excluding hydrogens is 471 g/mol. The Bertz CT molecular complexity index is 1140. The number of benzene rings is 3. The molecule has 5 nitrogen and oxygen atoms in total. The number of nitrogens with one attached hydrogen (secondary N) is 1. The van der Waals surface area contributed by atoms with Gasteiger partial charge in [-0.1, -0.05) is 53.2 Å². The van der Waals surface area contributed by atoms with Gasteiger partial charge in [0.1, 0.15) is 10.7 Å². The minimum absolute atomic E-state index is 0.0497. The van der Waals surface area contributed by atoms with E-state index in [9.17, 15) is 17.6 Å². The van der Waals surface area contributed by atoms with Crippen molar-refractivity contribution in [1.29, 1.82) is 0 Å². The van der Waals surface area contributed by atoms with Gasteiger partial charge in [-0.2, -0.15) is 4.31 Å². The molecule has 1 N–H and O–H groups in total. The summed E-state index contributed by atoms with van der Waals surface area (Å²) in [6.45, 7) is 1.95. The highest BCUT2D eigenvalue weighted by molar-refractivity contribution is 9.10. The van der Waals surface area contributed by atoms with Crippen LogP contribution in [0, 0.1) is 5.82 Å². The van der Waals surface area contributed by atoms with Crippen LogP contribution in [-0.4, -0.2) is 25.2 Å². The van der Waals surface area contributed by atoms with Gasteiger partial charge >= 0.3 is 0 Å². The second-order valence-corrected chi connectivity index (χ2v) is 9.35. The lowest BCUT2D eigenvalue weighted by Gasteiger charge is -2.21. The van der Waals surface area contributed by atoms with Gasteiger partial charge in [-0.3, -0.25) is 4.79 Å². The third-order valence-electron chi connectivity index (χ3n) is 4.47. The summed E-state index contributed by atoms with van der Waals surface area (Å²) < 4.78 is 42.7. The van der Waals surface area contributed by atoms with Crippen LogP contribution in [0.3, 0.4) is 0 Å². The van der Waals surface area contributed by atoms with Crippen LogP contribution in [0.2, 0.25) is 0 Å². The van der Waals surface area contributed by atoms with Gasteiger partial charge in [-0.15, -0.1) is 0 Å². The summed E-state index contributed by atoms with van der Waals surface area (Å²) in [5, 5.41) is 2.68. The lowest BCUT2D eigenvalue weighted by atomic mass is 10.2. The van der Waals surface area contributed by atoms with E-state index in [0.29, 0.717) is 5.69 Å². The van der Waals surface area contributed by atoms with Gasteiger partial charge in [0.25, 0.3) is 5.91 Å². The van der Waals surface area contributed by atoms with Crippen molar-refractivity contribution in [3.8, 4) is 0 Å². The van der Waals surface area contributed by atoms with Crippen molar-refractivity contribution in [3.05, 3.63) is 94.2 Å². The van der Waals surface area contributed by atoms with Crippen LogP contribution in [0.15, 0.2) is 82.2 Å². The number of amides is 1. The molecule has 0 atom stereocenters. The average Bonchev–Trinajstić information content (AvgIpc) is 2.74. The molecule has 0 unspecified atom stereocenters. The largest absolute Gasteiger partial charge is 0.322 e. The molecule has 0 aliphatic heterocycles. The summed E-state index contributed by atoms with van der Waals surface area (Å²) in [6.07, 6.45) is 0. The number of nitrogens with zero attached hydrogens (tertiary/aromatic N) is 1. The van der Waals surface area contributed by atoms with E-state index in [1.807, 2.05) is 18.2 Å². The first kappa shape index (κ1) is 22.1. The van der Waals surface area contributed by atoms with Gasteiger partial charge < -0.3 is 5.32 Å². The van der Waals surface area contributed by atoms with Crippen molar-refractivity contribution in [2.75, 3.05) is 11.9 Å². The highest BCUT2D eigenvalue weighted by atomic mass is 79.9. The third kappa shape index (κ3) is 5.13. The van der Waals surface area contributed by atoms with Crippen LogP contribution in [0.4, 0.5) is 10.1 Å². The number of carbonyl (C=O) groups is 1. The maximum atomic E-state index is 14.5. The maximum Gasteiger partial charge on any atom is 0.255 e. The second kappa shape index (κ2) is 9.51. The highest BCUT2D eigenvalue weighted by Crippen LogP contribution is 2.23. The van der Waals surface area contributed by atoms with Crippen molar-refractivity contribution >= 4 is 37.5 Å². The Hall–Kier alpha value is -2.55. The number of sulfonamides is 1. The zero-order valence-electron chi connectivity index (χ0n) is 16.2. The average molecular weight is 491 g/mol. The van der Waals surface area contributed by atoms with E-state index in [-0.39, 0.29) is 18.7 Å². The van der Waals surface area contributed by atoms with E-state index in [1.54, 1.807) is 43.3 Å². The van der Waals surface area contributed by atoms with Crippen molar-refractivity contribution in [2.45, 2.75) is 18.4 Å². The van der Waals surface area contributed by atoms with Gasteiger partial charge in [0.15, 0.2) is 0 Å². The van der Waals surface area contributed by atoms with Crippen LogP contribution >= 0.6 is 15.9 Å². The first-order chi connectivity index (χ1) is 14.3. The summed E-state index contributed by atoms with van der Waals surface area (Å²) in [5.41, 5.74) is 1.37. The minimum Gasteiger partial charge on any atom is -0.322 e. The molecule has 3 rings (SSSR count). The molecule has 0 fully saturated rings. The molecule has 30 heavy (non-hydrogen) atoms. The number of hydrogen-bond donors (Lipinski definition) is 1. The lowest BCUT2D eigenvalue weighted by molar-refractivity contribution is 0.102. The Morgan fingerprint density at radius 1 is 1.03 bits per heavy atom. The summed E-state index contributed by atoms with van der Waals surface area (Å²) in [6, 6.07) is 19.3. The quantitative estimate of drug-likeness (QED) is 0.503. The van der Waals surface area contributed by atoms with Crippen LogP contribution in [0.5, 0.6) is 0 Å². The number of hydrogen-bond acceptors (Lipinski definition) is 3. The van der Waals surface area contributed by atoms with E-state index in [0.717, 1.165) is 22.2 Å². The van der Waals surface area contributed by atoms with Crippen molar-refractivity contribution in [1.82, 2.24) is 4.31 Å². The first-order valence-electron chi connectivity index (χ1n) is 9.22. The SMILES string of the molecule is CCN(Cc1ccccc1)S(=O)(=O)c1cc(C(=O)Nc2ccc(Br)cc2)ccc1F. The van der Waals surface area contributed by atoms with Crippen molar-refractivity contribution < 1.29 is 17.6 Å². The third-order valence-corrected chi connectivity index (χ3v) is 6.93. The van der Waals surface area contributed by atoms with E-state index < -0.39 is 26.6 Å². The fourth-order valence-corrected chi connectivity index (χ4v) is 4.66. The summed E-state index contributed by atoms with van der Waals surface area (Å²) in [7, 11) is -4.14. The highest BCUT2D eigenvalue weighted by Gasteiger charge is 2.27. The fourth-order valence-electron chi connectivity index (χ4n) is 2.87. The summed E-state index contributed by atoms with van der Waals surface area (Å²) in [5.74, 6) is -1.43. The van der Waals surface area contributed by atoms with Gasteiger partial charge in [0, 0.05) is 28.8 Å². The van der Waals surface area contributed by atoms with Gasteiger partial charge in [-0.05, 0) is 48.0 Å². The maximum absolute atomic E-state index is 14.5. The Kier molecular flexibility index (Phi) is 7.02. The predicted octanol–water partition coefficient (Wildman–Crippen LogP) is 5.05. The van der Waals surface area contributed by atoms with E-state index in [1.165, 1.54) is 10.4 Å². The normalized spacial score (nSPS) is 11.5. The van der Waals surface area contributed by atoms with Crippen molar-refractivity contribution in [3.63, 3.8) is 0 Å². The topological polar surface area (TPSA) is 66.5 Å². The van der Waals surface area contributed by atoms with Crippen LogP contribution in [-0.2, 0) is 16.6 Å². The smallest absolute Gasteiger partial charge is 0.255 e.